The van der Waals surface area contributed by atoms with Crippen LogP contribution in [-0.4, -0.2) is 19.4 Å². The number of rotatable bonds is 1. The molecule has 1 fully saturated rings. The average Bonchev–Trinajstić information content (AvgIpc) is 2.13. The van der Waals surface area contributed by atoms with Gasteiger partial charge in [0.25, 0.3) is 0 Å². The molecule has 0 aliphatic carbocycles. The molecule has 0 unspecified atom stereocenters. The molecule has 1 aliphatic heterocycles. The second-order valence-corrected chi connectivity index (χ2v) is 7.84. The molecule has 0 amide bonds. The Labute approximate surface area is 62.4 Å². The highest BCUT2D eigenvalue weighted by Gasteiger charge is 2.10. The Bertz CT molecular complexity index is 69.5. The molecule has 1 aliphatic rings. The van der Waals surface area contributed by atoms with Crippen molar-refractivity contribution in [2.75, 3.05) is 0 Å². The van der Waals surface area contributed by atoms with Crippen molar-refractivity contribution >= 4 is 19.4 Å². The molecular formula is C6H17NSi2. The molecule has 9 heavy (non-hydrogen) atoms. The van der Waals surface area contributed by atoms with Gasteiger partial charge in [-0.2, -0.15) is 0 Å². The van der Waals surface area contributed by atoms with Gasteiger partial charge in [-0.05, 0) is 12.1 Å². The Balaban J connectivity index is 2.18. The van der Waals surface area contributed by atoms with Crippen LogP contribution in [0.4, 0.5) is 0 Å². The maximum absolute atomic E-state index is 3.62. The summed E-state index contributed by atoms with van der Waals surface area (Å²) in [4.78, 5) is 0. The molecule has 0 aromatic heterocycles. The summed E-state index contributed by atoms with van der Waals surface area (Å²) in [5, 5.41) is 0. The van der Waals surface area contributed by atoms with Gasteiger partial charge in [0.05, 0.1) is 10.4 Å². The molecule has 0 atom stereocenters. The van der Waals surface area contributed by atoms with Crippen LogP contribution in [0.5, 0.6) is 0 Å². The number of hydrogen-bond acceptors (Lipinski definition) is 1. The molecule has 0 aromatic carbocycles. The van der Waals surface area contributed by atoms with Gasteiger partial charge in [-0.3, -0.25) is 0 Å². The lowest BCUT2D eigenvalue weighted by Crippen LogP contribution is -2.30. The molecule has 1 heterocycles. The van der Waals surface area contributed by atoms with E-state index in [-0.39, 0.29) is 8.96 Å². The number of hydrogen-bond donors (Lipinski definition) is 1. The molecule has 1 rings (SSSR count). The number of nitrogens with one attached hydrogen (secondary N) is 1. The maximum atomic E-state index is 3.62. The van der Waals surface area contributed by atoms with E-state index in [0.29, 0.717) is 0 Å². The second kappa shape index (κ2) is 4.25. The van der Waals surface area contributed by atoms with E-state index in [1.807, 2.05) is 0 Å². The van der Waals surface area contributed by atoms with Crippen molar-refractivity contribution in [1.82, 2.24) is 4.65 Å². The van der Waals surface area contributed by atoms with Gasteiger partial charge in [-0.25, -0.2) is 0 Å². The van der Waals surface area contributed by atoms with E-state index in [1.54, 1.807) is 12.1 Å². The zero-order chi connectivity index (χ0) is 6.53. The lowest BCUT2D eigenvalue weighted by molar-refractivity contribution is 0.720. The summed E-state index contributed by atoms with van der Waals surface area (Å²) in [5.74, 6) is 0. The van der Waals surface area contributed by atoms with Gasteiger partial charge in [0, 0.05) is 0 Å². The van der Waals surface area contributed by atoms with E-state index >= 15 is 0 Å². The van der Waals surface area contributed by atoms with E-state index in [4.69, 9.17) is 0 Å². The molecule has 1 N–H and O–H groups in total. The topological polar surface area (TPSA) is 12.0 Å². The van der Waals surface area contributed by atoms with Crippen molar-refractivity contribution < 1.29 is 0 Å². The summed E-state index contributed by atoms with van der Waals surface area (Å²) in [7, 11) is 0.901. The fourth-order valence-electron chi connectivity index (χ4n) is 1.57. The Morgan fingerprint density at radius 1 is 1.00 bits per heavy atom. The van der Waals surface area contributed by atoms with Crippen molar-refractivity contribution in [2.45, 2.75) is 37.8 Å². The first-order chi connectivity index (χ1) is 4.43. The van der Waals surface area contributed by atoms with Gasteiger partial charge >= 0.3 is 0 Å². The van der Waals surface area contributed by atoms with Crippen LogP contribution in [0.1, 0.15) is 25.7 Å². The van der Waals surface area contributed by atoms with Crippen LogP contribution in [0.2, 0.25) is 12.1 Å². The first kappa shape index (κ1) is 7.50. The Hall–Kier alpha value is 0.394. The summed E-state index contributed by atoms with van der Waals surface area (Å²) in [5.41, 5.74) is 0. The monoisotopic (exact) mass is 159 g/mol. The molecule has 3 heteroatoms. The Kier molecular flexibility index (Phi) is 3.54. The molecule has 0 saturated carbocycles. The molecule has 1 saturated heterocycles. The zero-order valence-electron chi connectivity index (χ0n) is 6.32. The first-order valence-electron chi connectivity index (χ1n) is 4.11. The minimum Gasteiger partial charge on any atom is -0.369 e. The van der Waals surface area contributed by atoms with Crippen molar-refractivity contribution in [3.05, 3.63) is 0 Å². The maximum Gasteiger partial charge on any atom is 0.101 e. The fourth-order valence-corrected chi connectivity index (χ4v) is 5.73. The third-order valence-electron chi connectivity index (χ3n) is 2.26. The Morgan fingerprint density at radius 2 is 1.56 bits per heavy atom. The molecule has 0 bridgehead atoms. The van der Waals surface area contributed by atoms with Crippen LogP contribution in [0.25, 0.3) is 0 Å². The Morgan fingerprint density at radius 3 is 2.00 bits per heavy atom. The van der Waals surface area contributed by atoms with Crippen molar-refractivity contribution in [1.29, 1.82) is 0 Å². The molecular weight excluding hydrogens is 142 g/mol. The van der Waals surface area contributed by atoms with Gasteiger partial charge < -0.3 is 4.65 Å². The van der Waals surface area contributed by atoms with Crippen LogP contribution in [-0.2, 0) is 0 Å². The molecule has 1 nitrogen and oxygen atoms in total. The van der Waals surface area contributed by atoms with Crippen molar-refractivity contribution in [2.24, 2.45) is 0 Å². The highest BCUT2D eigenvalue weighted by Crippen LogP contribution is 2.15. The summed E-state index contributed by atoms with van der Waals surface area (Å²) in [6, 6.07) is 3.15. The summed E-state index contributed by atoms with van der Waals surface area (Å²) in [6.07, 6.45) is 6.05. The second-order valence-electron chi connectivity index (χ2n) is 2.98. The van der Waals surface area contributed by atoms with Gasteiger partial charge in [0.15, 0.2) is 0 Å². The minimum absolute atomic E-state index is 0.339. The highest BCUT2D eigenvalue weighted by atomic mass is 28.3. The van der Waals surface area contributed by atoms with E-state index in [9.17, 15) is 0 Å². The van der Waals surface area contributed by atoms with Crippen LogP contribution < -0.4 is 4.65 Å². The fraction of sp³-hybridized carbons (Fsp3) is 1.00. The first-order valence-corrected chi connectivity index (χ1v) is 7.32. The largest absolute Gasteiger partial charge is 0.369 e. The summed E-state index contributed by atoms with van der Waals surface area (Å²) < 4.78 is 3.62. The third kappa shape index (κ3) is 2.64. The average molecular weight is 159 g/mol. The lowest BCUT2D eigenvalue weighted by Gasteiger charge is -2.08. The van der Waals surface area contributed by atoms with E-state index < -0.39 is 0 Å². The molecule has 0 spiro atoms. The quantitative estimate of drug-likeness (QED) is 0.537. The van der Waals surface area contributed by atoms with Crippen molar-refractivity contribution in [3.63, 3.8) is 0 Å². The van der Waals surface area contributed by atoms with E-state index in [1.165, 1.54) is 36.1 Å². The standard InChI is InChI=1S/C6H17NSi2/c8-7-9-5-3-1-2-4-6-9/h7,9H,1-6H2,8H3. The van der Waals surface area contributed by atoms with Gasteiger partial charge in [0.2, 0.25) is 0 Å². The SMILES string of the molecule is [SiH3]N[SiH]1CCCCCC1. The molecule has 0 radical (unpaired) electrons. The van der Waals surface area contributed by atoms with Crippen LogP contribution in [0.15, 0.2) is 0 Å². The van der Waals surface area contributed by atoms with Crippen LogP contribution in [0, 0.1) is 0 Å². The van der Waals surface area contributed by atoms with E-state index in [0.717, 1.165) is 0 Å². The predicted molar refractivity (Wildman–Crippen MR) is 48.3 cm³/mol. The summed E-state index contributed by atoms with van der Waals surface area (Å²) in [6.45, 7) is 0. The highest BCUT2D eigenvalue weighted by molar-refractivity contribution is 6.61. The van der Waals surface area contributed by atoms with Crippen LogP contribution >= 0.6 is 0 Å². The van der Waals surface area contributed by atoms with Gasteiger partial charge in [-0.15, -0.1) is 0 Å². The zero-order valence-corrected chi connectivity index (χ0v) is 9.47. The van der Waals surface area contributed by atoms with Gasteiger partial charge in [-0.1, -0.05) is 25.7 Å². The van der Waals surface area contributed by atoms with Crippen LogP contribution in [0.3, 0.4) is 0 Å². The summed E-state index contributed by atoms with van der Waals surface area (Å²) >= 11 is 0. The van der Waals surface area contributed by atoms with Gasteiger partial charge in [0.1, 0.15) is 8.96 Å². The minimum atomic E-state index is -0.339. The van der Waals surface area contributed by atoms with E-state index in [2.05, 4.69) is 4.65 Å². The lowest BCUT2D eigenvalue weighted by atomic mass is 10.2. The third-order valence-corrected chi connectivity index (χ3v) is 7.74. The molecule has 0 aromatic rings. The van der Waals surface area contributed by atoms with Crippen molar-refractivity contribution in [3.8, 4) is 0 Å². The smallest absolute Gasteiger partial charge is 0.101 e. The molecule has 54 valence electrons. The predicted octanol–water partition coefficient (Wildman–Crippen LogP) is 0.154. The normalized spacial score (nSPS) is 24.0.